The van der Waals surface area contributed by atoms with Crippen molar-refractivity contribution in [2.75, 3.05) is 6.67 Å². The van der Waals surface area contributed by atoms with Crippen molar-refractivity contribution in [3.05, 3.63) is 0 Å². The molecule has 1 saturated heterocycles. The Morgan fingerprint density at radius 3 is 2.50 bits per heavy atom. The van der Waals surface area contributed by atoms with Crippen LogP contribution in [0.1, 0.15) is 0 Å². The van der Waals surface area contributed by atoms with Gasteiger partial charge in [-0.05, 0) is 11.8 Å². The topological polar surface area (TPSA) is 42.0 Å². The minimum absolute atomic E-state index is 0.693. The zero-order chi connectivity index (χ0) is 4.57. The minimum Gasteiger partial charge on any atom is -0.251 e. The van der Waals surface area contributed by atoms with Crippen LogP contribution in [0.5, 0.6) is 0 Å². The molecule has 34 valence electrons. The van der Waals surface area contributed by atoms with Crippen LogP contribution < -0.4 is 5.43 Å². The highest BCUT2D eigenvalue weighted by Gasteiger charge is 2.17. The monoisotopic (exact) mass is 122 g/mol. The van der Waals surface area contributed by atoms with Gasteiger partial charge in [0.2, 0.25) is 0 Å². The van der Waals surface area contributed by atoms with Crippen LogP contribution in [-0.2, 0) is 16.4 Å². The second-order valence-electron chi connectivity index (χ2n) is 0.954. The number of rotatable bonds is 1. The Balaban J connectivity index is 2.52. The fraction of sp³-hybridized carbons (Fsp3) is 1.00. The van der Waals surface area contributed by atoms with Gasteiger partial charge in [0.1, 0.15) is 0 Å². The molecule has 0 bridgehead atoms. The Labute approximate surface area is 40.8 Å². The Hall–Kier alpha value is 0.240. The van der Waals surface area contributed by atoms with Crippen molar-refractivity contribution in [3.8, 4) is 0 Å². The molecule has 0 aromatic carbocycles. The molecule has 0 aromatic heterocycles. The minimum atomic E-state index is -1.49. The summed E-state index contributed by atoms with van der Waals surface area (Å²) in [5.41, 5.74) is 2.68. The van der Waals surface area contributed by atoms with E-state index >= 15 is 0 Å². The van der Waals surface area contributed by atoms with E-state index in [-0.39, 0.29) is 0 Å². The molecule has 1 fully saturated rings. The summed E-state index contributed by atoms with van der Waals surface area (Å²) in [6, 6.07) is 0. The molecule has 1 N–H and O–H groups in total. The Morgan fingerprint density at radius 1 is 2.00 bits per heavy atom. The predicted octanol–water partition coefficient (Wildman–Crippen LogP) is -0.0316. The fourth-order valence-electron chi connectivity index (χ4n) is 0.147. The molecule has 2 atom stereocenters. The van der Waals surface area contributed by atoms with E-state index in [1.54, 1.807) is 0 Å². The summed E-state index contributed by atoms with van der Waals surface area (Å²) < 4.78 is 11.5. The number of hydrogen-bond donors (Lipinski definition) is 1. The molecule has 6 heavy (non-hydrogen) atoms. The Morgan fingerprint density at radius 2 is 2.50 bits per heavy atom. The van der Waals surface area contributed by atoms with Gasteiger partial charge in [-0.2, -0.15) is 0 Å². The molecular formula is CH3N2OPS. The number of nitrogens with one attached hydrogen (secondary N) is 1. The highest BCUT2D eigenvalue weighted by Crippen LogP contribution is 2.15. The molecule has 1 aliphatic heterocycles. The van der Waals surface area contributed by atoms with Crippen molar-refractivity contribution >= 4 is 18.5 Å². The molecule has 1 aliphatic rings. The molecule has 2 unspecified atom stereocenters. The summed E-state index contributed by atoms with van der Waals surface area (Å²) in [5, 5.41) is 0. The second-order valence-corrected chi connectivity index (χ2v) is 2.85. The van der Waals surface area contributed by atoms with Crippen LogP contribution in [0.15, 0.2) is 0 Å². The normalized spacial score (nSPS) is 32.7. The standard InChI is InChI=1S/CH3N2OPS/c4-5(6)3-1-2-3/h2H,1H2. The van der Waals surface area contributed by atoms with Crippen molar-refractivity contribution in [1.29, 1.82) is 0 Å². The largest absolute Gasteiger partial charge is 0.259 e. The van der Waals surface area contributed by atoms with E-state index < -0.39 is 6.73 Å². The number of nitrogens with zero attached hydrogens (tertiary/aromatic N) is 1. The lowest BCUT2D eigenvalue weighted by Gasteiger charge is -1.69. The number of hydrogen-bond acceptors (Lipinski definition) is 3. The van der Waals surface area contributed by atoms with Gasteiger partial charge in [-0.25, -0.2) is 5.43 Å². The highest BCUT2D eigenvalue weighted by atomic mass is 32.4. The average molecular weight is 122 g/mol. The Kier molecular flexibility index (Phi) is 1.02. The van der Waals surface area contributed by atoms with E-state index in [0.717, 1.165) is 0 Å². The molecule has 1 rings (SSSR count). The van der Waals surface area contributed by atoms with E-state index in [2.05, 4.69) is 17.2 Å². The van der Waals surface area contributed by atoms with Gasteiger partial charge in [0.05, 0.1) is 6.67 Å². The summed E-state index contributed by atoms with van der Waals surface area (Å²) in [5.74, 6) is 0. The van der Waals surface area contributed by atoms with E-state index in [1.165, 1.54) is 4.78 Å². The summed E-state index contributed by atoms with van der Waals surface area (Å²) in [6.45, 7) is -0.800. The van der Waals surface area contributed by atoms with Crippen LogP contribution in [0.2, 0.25) is 0 Å². The van der Waals surface area contributed by atoms with Gasteiger partial charge in [-0.1, -0.05) is 0 Å². The zero-order valence-corrected chi connectivity index (χ0v) is 4.63. The first-order chi connectivity index (χ1) is 2.80. The lowest BCUT2D eigenvalue weighted by atomic mass is 11.4. The average Bonchev–Trinajstić information content (AvgIpc) is 2.06. The molecule has 0 spiro atoms. The molecule has 0 aromatic rings. The highest BCUT2D eigenvalue weighted by molar-refractivity contribution is 7.98. The van der Waals surface area contributed by atoms with Crippen LogP contribution in [0.4, 0.5) is 0 Å². The molecule has 1 heterocycles. The van der Waals surface area contributed by atoms with E-state index in [1.807, 2.05) is 0 Å². The molecule has 0 aliphatic carbocycles. The Bertz CT molecular complexity index is 109. The molecule has 3 nitrogen and oxygen atoms in total. The molecule has 0 saturated carbocycles. The fourth-order valence-corrected chi connectivity index (χ4v) is 0.788. The van der Waals surface area contributed by atoms with Gasteiger partial charge < -0.3 is 0 Å². The summed E-state index contributed by atoms with van der Waals surface area (Å²) in [7, 11) is 0. The zero-order valence-electron chi connectivity index (χ0n) is 2.92. The van der Waals surface area contributed by atoms with Crippen LogP contribution in [0.3, 0.4) is 0 Å². The first-order valence-electron chi connectivity index (χ1n) is 1.46. The van der Waals surface area contributed by atoms with Gasteiger partial charge >= 0.3 is 0 Å². The summed E-state index contributed by atoms with van der Waals surface area (Å²) in [4.78, 5) is 0. The maximum absolute atomic E-state index is 10.0. The van der Waals surface area contributed by atoms with E-state index in [9.17, 15) is 4.57 Å². The van der Waals surface area contributed by atoms with Crippen molar-refractivity contribution in [3.63, 3.8) is 0 Å². The molecule has 5 heteroatoms. The molecule has 0 amide bonds. The van der Waals surface area contributed by atoms with Gasteiger partial charge in [-0.15, -0.1) is 4.78 Å². The lowest BCUT2D eigenvalue weighted by molar-refractivity contribution is 0.574. The van der Waals surface area contributed by atoms with Crippen LogP contribution in [0, 0.1) is 0 Å². The van der Waals surface area contributed by atoms with Crippen LogP contribution in [-0.4, -0.2) is 11.4 Å². The molecule has 0 radical (unpaired) electrons. The van der Waals surface area contributed by atoms with E-state index in [4.69, 9.17) is 0 Å². The summed E-state index contributed by atoms with van der Waals surface area (Å²) >= 11 is 4.34. The third-order valence-corrected chi connectivity index (χ3v) is 1.77. The van der Waals surface area contributed by atoms with Gasteiger partial charge in [0.15, 0.2) is 0 Å². The summed E-state index contributed by atoms with van der Waals surface area (Å²) in [6.07, 6.45) is 0. The van der Waals surface area contributed by atoms with E-state index in [0.29, 0.717) is 6.67 Å². The predicted molar refractivity (Wildman–Crippen MR) is 24.8 cm³/mol. The van der Waals surface area contributed by atoms with Gasteiger partial charge in [0, 0.05) is 0 Å². The number of hydrazine groups is 1. The second kappa shape index (κ2) is 1.39. The third kappa shape index (κ3) is 0.849. The van der Waals surface area contributed by atoms with Crippen molar-refractivity contribution in [2.45, 2.75) is 0 Å². The SMILES string of the molecule is O=P(=S)N1CN1. The maximum atomic E-state index is 10.0. The quantitative estimate of drug-likeness (QED) is 0.391. The molecular weight excluding hydrogens is 119 g/mol. The first kappa shape index (κ1) is 4.40. The third-order valence-electron chi connectivity index (χ3n) is 0.497. The van der Waals surface area contributed by atoms with Gasteiger partial charge in [0.25, 0.3) is 6.73 Å². The van der Waals surface area contributed by atoms with Crippen LogP contribution in [0.25, 0.3) is 0 Å². The van der Waals surface area contributed by atoms with Gasteiger partial charge in [-0.3, -0.25) is 4.57 Å². The first-order valence-corrected chi connectivity index (χ1v) is 3.68. The smallest absolute Gasteiger partial charge is 0.251 e. The maximum Gasteiger partial charge on any atom is 0.259 e. The van der Waals surface area contributed by atoms with Crippen molar-refractivity contribution < 1.29 is 4.57 Å². The van der Waals surface area contributed by atoms with Crippen molar-refractivity contribution in [1.82, 2.24) is 10.2 Å². The van der Waals surface area contributed by atoms with Crippen molar-refractivity contribution in [2.24, 2.45) is 0 Å². The lowest BCUT2D eigenvalue weighted by Crippen LogP contribution is -1.76. The van der Waals surface area contributed by atoms with Crippen LogP contribution >= 0.6 is 6.73 Å².